The van der Waals surface area contributed by atoms with Crippen molar-refractivity contribution in [3.63, 3.8) is 0 Å². The molecule has 0 fully saturated rings. The Balaban J connectivity index is 1.84. The van der Waals surface area contributed by atoms with Crippen LogP contribution in [-0.2, 0) is 14.8 Å². The first-order chi connectivity index (χ1) is 16.3. The Labute approximate surface area is 199 Å². The molecule has 34 heavy (non-hydrogen) atoms. The summed E-state index contributed by atoms with van der Waals surface area (Å²) in [6.45, 7) is 2.52. The maximum absolute atomic E-state index is 13.1. The molecule has 8 nitrogen and oxygen atoms in total. The molecule has 3 rings (SSSR count). The summed E-state index contributed by atoms with van der Waals surface area (Å²) < 4.78 is 28.8. The lowest BCUT2D eigenvalue weighted by atomic mass is 10.1. The Morgan fingerprint density at radius 3 is 2.26 bits per heavy atom. The molecule has 0 radical (unpaired) electrons. The van der Waals surface area contributed by atoms with Gasteiger partial charge in [-0.25, -0.2) is 17.9 Å². The van der Waals surface area contributed by atoms with E-state index in [1.165, 1.54) is 12.1 Å². The Bertz CT molecular complexity index is 1250. The van der Waals surface area contributed by atoms with Crippen molar-refractivity contribution in [2.75, 3.05) is 11.9 Å². The van der Waals surface area contributed by atoms with Crippen LogP contribution < -0.4 is 15.4 Å². The van der Waals surface area contributed by atoms with Crippen LogP contribution in [0.15, 0.2) is 83.8 Å². The van der Waals surface area contributed by atoms with Crippen LogP contribution in [0.25, 0.3) is 11.1 Å². The average Bonchev–Trinajstić information content (AvgIpc) is 2.83. The molecule has 0 heterocycles. The van der Waals surface area contributed by atoms with E-state index in [-0.39, 0.29) is 10.9 Å². The fourth-order valence-corrected chi connectivity index (χ4v) is 4.65. The molecule has 1 atom stereocenters. The molecular formula is C25H27N3O5S. The number of anilines is 1. The van der Waals surface area contributed by atoms with E-state index >= 15 is 0 Å². The molecule has 178 valence electrons. The van der Waals surface area contributed by atoms with Crippen molar-refractivity contribution in [1.82, 2.24) is 10.0 Å². The average molecular weight is 482 g/mol. The molecule has 0 saturated heterocycles. The van der Waals surface area contributed by atoms with E-state index in [1.54, 1.807) is 60.7 Å². The van der Waals surface area contributed by atoms with Crippen LogP contribution in [0.1, 0.15) is 31.4 Å². The highest BCUT2D eigenvalue weighted by Crippen LogP contribution is 2.26. The molecule has 0 spiro atoms. The van der Waals surface area contributed by atoms with Crippen molar-refractivity contribution in [2.24, 2.45) is 0 Å². The number of carbonyl (C=O) groups excluding carboxylic acids is 1. The molecular weight excluding hydrogens is 454 g/mol. The van der Waals surface area contributed by atoms with Gasteiger partial charge in [-0.05, 0) is 47.4 Å². The first-order valence-electron chi connectivity index (χ1n) is 10.8. The fourth-order valence-electron chi connectivity index (χ4n) is 3.38. The molecule has 2 amide bonds. The summed E-state index contributed by atoms with van der Waals surface area (Å²) in [4.78, 5) is 23.3. The van der Waals surface area contributed by atoms with Gasteiger partial charge in [0.05, 0.1) is 17.4 Å². The van der Waals surface area contributed by atoms with Gasteiger partial charge in [-0.3, -0.25) is 4.79 Å². The molecule has 0 aliphatic rings. The van der Waals surface area contributed by atoms with E-state index in [1.807, 2.05) is 13.0 Å². The zero-order valence-electron chi connectivity index (χ0n) is 18.7. The van der Waals surface area contributed by atoms with Gasteiger partial charge in [-0.1, -0.05) is 61.5 Å². The summed E-state index contributed by atoms with van der Waals surface area (Å²) in [5, 5.41) is 14.8. The number of nitrogens with one attached hydrogen (secondary N) is 3. The smallest absolute Gasteiger partial charge is 0.319 e. The molecule has 4 N–H and O–H groups in total. The van der Waals surface area contributed by atoms with Crippen molar-refractivity contribution < 1.29 is 23.1 Å². The van der Waals surface area contributed by atoms with Gasteiger partial charge in [0.25, 0.3) is 0 Å². The zero-order chi connectivity index (χ0) is 24.6. The summed E-state index contributed by atoms with van der Waals surface area (Å²) in [7, 11) is -4.02. The standard InChI is InChI=1S/C25H27N3O5S/c1-2-14-26-25(31)27-21-12-6-10-19(15-21)20-11-7-13-22(16-20)34(32,33)28-23(17-24(29)30)18-8-4-3-5-9-18/h3-13,15-16,23,28H,2,14,17H2,1H3,(H,29,30)(H2,26,27,31). The predicted molar refractivity (Wildman–Crippen MR) is 131 cm³/mol. The summed E-state index contributed by atoms with van der Waals surface area (Å²) in [6.07, 6.45) is 0.428. The molecule has 0 aliphatic carbocycles. The number of amides is 2. The van der Waals surface area contributed by atoms with Crippen LogP contribution in [0.3, 0.4) is 0 Å². The summed E-state index contributed by atoms with van der Waals surface area (Å²) in [5.41, 5.74) is 2.48. The molecule has 0 aromatic heterocycles. The van der Waals surface area contributed by atoms with Gasteiger partial charge in [0, 0.05) is 12.2 Å². The van der Waals surface area contributed by atoms with E-state index < -0.39 is 28.5 Å². The normalized spacial score (nSPS) is 12.0. The number of hydrogen-bond acceptors (Lipinski definition) is 4. The highest BCUT2D eigenvalue weighted by atomic mass is 32.2. The third-order valence-electron chi connectivity index (χ3n) is 5.01. The second-order valence-corrected chi connectivity index (χ2v) is 9.39. The Morgan fingerprint density at radius 1 is 0.912 bits per heavy atom. The van der Waals surface area contributed by atoms with Crippen molar-refractivity contribution in [1.29, 1.82) is 0 Å². The molecule has 0 aliphatic heterocycles. The molecule has 0 saturated carbocycles. The van der Waals surface area contributed by atoms with E-state index in [2.05, 4.69) is 15.4 Å². The largest absolute Gasteiger partial charge is 0.481 e. The van der Waals surface area contributed by atoms with E-state index in [9.17, 15) is 23.1 Å². The maximum Gasteiger partial charge on any atom is 0.319 e. The van der Waals surface area contributed by atoms with Crippen molar-refractivity contribution in [2.45, 2.75) is 30.7 Å². The number of carboxylic acids is 1. The molecule has 0 bridgehead atoms. The molecule has 3 aromatic carbocycles. The third kappa shape index (κ3) is 6.90. The number of carbonyl (C=O) groups is 2. The predicted octanol–water partition coefficient (Wildman–Crippen LogP) is 4.38. The lowest BCUT2D eigenvalue weighted by molar-refractivity contribution is -0.137. The van der Waals surface area contributed by atoms with Crippen molar-refractivity contribution >= 4 is 27.7 Å². The van der Waals surface area contributed by atoms with E-state index in [0.29, 0.717) is 23.4 Å². The lowest BCUT2D eigenvalue weighted by Crippen LogP contribution is -2.30. The number of urea groups is 1. The van der Waals surface area contributed by atoms with Gasteiger partial charge in [0.15, 0.2) is 0 Å². The minimum Gasteiger partial charge on any atom is -0.481 e. The minimum absolute atomic E-state index is 0.00960. The van der Waals surface area contributed by atoms with Crippen LogP contribution >= 0.6 is 0 Å². The fraction of sp³-hybridized carbons (Fsp3) is 0.200. The van der Waals surface area contributed by atoms with Crippen LogP contribution in [0.5, 0.6) is 0 Å². The Morgan fingerprint density at radius 2 is 1.59 bits per heavy atom. The van der Waals surface area contributed by atoms with Gasteiger partial charge in [-0.2, -0.15) is 0 Å². The third-order valence-corrected chi connectivity index (χ3v) is 6.48. The lowest BCUT2D eigenvalue weighted by Gasteiger charge is -2.18. The molecule has 3 aromatic rings. The summed E-state index contributed by atoms with van der Waals surface area (Å²) in [6, 6.07) is 20.8. The van der Waals surface area contributed by atoms with Gasteiger partial charge in [0.1, 0.15) is 0 Å². The van der Waals surface area contributed by atoms with Gasteiger partial charge in [0.2, 0.25) is 10.0 Å². The van der Waals surface area contributed by atoms with E-state index in [4.69, 9.17) is 0 Å². The number of aliphatic carboxylic acids is 1. The van der Waals surface area contributed by atoms with Crippen LogP contribution in [0, 0.1) is 0 Å². The highest BCUT2D eigenvalue weighted by molar-refractivity contribution is 7.89. The number of sulfonamides is 1. The van der Waals surface area contributed by atoms with E-state index in [0.717, 1.165) is 12.0 Å². The maximum atomic E-state index is 13.1. The minimum atomic E-state index is -4.02. The highest BCUT2D eigenvalue weighted by Gasteiger charge is 2.24. The van der Waals surface area contributed by atoms with Crippen molar-refractivity contribution in [3.05, 3.63) is 84.4 Å². The number of carboxylic acid groups (broad SMARTS) is 1. The number of rotatable bonds is 10. The van der Waals surface area contributed by atoms with Crippen LogP contribution in [0.2, 0.25) is 0 Å². The van der Waals surface area contributed by atoms with Gasteiger partial charge < -0.3 is 15.7 Å². The monoisotopic (exact) mass is 481 g/mol. The van der Waals surface area contributed by atoms with Crippen LogP contribution in [-0.4, -0.2) is 32.1 Å². The summed E-state index contributed by atoms with van der Waals surface area (Å²) in [5.74, 6) is -1.11. The number of hydrogen-bond donors (Lipinski definition) is 4. The second kappa shape index (κ2) is 11.4. The van der Waals surface area contributed by atoms with Crippen LogP contribution in [0.4, 0.5) is 10.5 Å². The quantitative estimate of drug-likeness (QED) is 0.342. The number of benzene rings is 3. The van der Waals surface area contributed by atoms with Gasteiger partial charge >= 0.3 is 12.0 Å². The Hall–Kier alpha value is -3.69. The SMILES string of the molecule is CCCNC(=O)Nc1cccc(-c2cccc(S(=O)(=O)NC(CC(=O)O)c3ccccc3)c2)c1. The van der Waals surface area contributed by atoms with Gasteiger partial charge in [-0.15, -0.1) is 0 Å². The second-order valence-electron chi connectivity index (χ2n) is 7.67. The Kier molecular flexibility index (Phi) is 8.39. The topological polar surface area (TPSA) is 125 Å². The molecule has 1 unspecified atom stereocenters. The first-order valence-corrected chi connectivity index (χ1v) is 12.3. The van der Waals surface area contributed by atoms with Crippen molar-refractivity contribution in [3.8, 4) is 11.1 Å². The first kappa shape index (κ1) is 24.9. The molecule has 9 heteroatoms. The summed E-state index contributed by atoms with van der Waals surface area (Å²) >= 11 is 0. The zero-order valence-corrected chi connectivity index (χ0v) is 19.5.